The fourth-order valence-corrected chi connectivity index (χ4v) is 5.84. The van der Waals surface area contributed by atoms with Gasteiger partial charge in [-0.25, -0.2) is 13.1 Å². The quantitative estimate of drug-likeness (QED) is 0.436. The van der Waals surface area contributed by atoms with Gasteiger partial charge in [-0.05, 0) is 35.0 Å². The monoisotopic (exact) mass is 454 g/mol. The van der Waals surface area contributed by atoms with E-state index in [2.05, 4.69) is 5.10 Å². The molecule has 9 heteroatoms. The van der Waals surface area contributed by atoms with Crippen molar-refractivity contribution in [2.24, 2.45) is 5.10 Å². The van der Waals surface area contributed by atoms with Crippen LogP contribution in [0.25, 0.3) is 16.9 Å². The highest BCUT2D eigenvalue weighted by Crippen LogP contribution is 2.40. The Labute approximate surface area is 182 Å². The topological polar surface area (TPSA) is 67.6 Å². The minimum absolute atomic E-state index is 0.440. The molecular formula is C21H18N4O2S3. The van der Waals surface area contributed by atoms with E-state index in [1.165, 1.54) is 10.7 Å². The van der Waals surface area contributed by atoms with Crippen LogP contribution in [0.2, 0.25) is 0 Å². The van der Waals surface area contributed by atoms with E-state index in [0.717, 1.165) is 33.1 Å². The predicted molar refractivity (Wildman–Crippen MR) is 122 cm³/mol. The molecule has 0 spiro atoms. The third-order valence-corrected chi connectivity index (χ3v) is 7.55. The van der Waals surface area contributed by atoms with Crippen LogP contribution in [-0.2, 0) is 10.0 Å². The van der Waals surface area contributed by atoms with Gasteiger partial charge < -0.3 is 0 Å². The lowest BCUT2D eigenvalue weighted by atomic mass is 10.0. The van der Waals surface area contributed by atoms with Gasteiger partial charge in [0.05, 0.1) is 34.3 Å². The van der Waals surface area contributed by atoms with Crippen LogP contribution >= 0.6 is 22.7 Å². The molecule has 0 N–H and O–H groups in total. The average Bonchev–Trinajstić information content (AvgIpc) is 3.53. The molecular weight excluding hydrogens is 436 g/mol. The summed E-state index contributed by atoms with van der Waals surface area (Å²) < 4.78 is 28.3. The van der Waals surface area contributed by atoms with Gasteiger partial charge in [0.15, 0.2) is 0 Å². The Hall–Kier alpha value is -2.75. The normalized spacial score (nSPS) is 16.8. The van der Waals surface area contributed by atoms with Crippen LogP contribution in [0.1, 0.15) is 22.9 Å². The summed E-state index contributed by atoms with van der Waals surface area (Å²) in [5, 5.41) is 15.3. The lowest BCUT2D eigenvalue weighted by Crippen LogP contribution is -2.26. The van der Waals surface area contributed by atoms with Gasteiger partial charge in [0.1, 0.15) is 0 Å². The molecule has 1 aromatic carbocycles. The van der Waals surface area contributed by atoms with E-state index in [1.807, 2.05) is 75.5 Å². The van der Waals surface area contributed by atoms with Crippen LogP contribution in [0.15, 0.2) is 76.0 Å². The summed E-state index contributed by atoms with van der Waals surface area (Å²) in [4.78, 5) is 0.985. The minimum Gasteiger partial charge on any atom is -0.240 e. The molecule has 1 atom stereocenters. The zero-order valence-electron chi connectivity index (χ0n) is 16.0. The van der Waals surface area contributed by atoms with Crippen molar-refractivity contribution >= 4 is 38.4 Å². The number of aromatic nitrogens is 2. The molecule has 1 aliphatic rings. The zero-order chi connectivity index (χ0) is 20.7. The van der Waals surface area contributed by atoms with Crippen molar-refractivity contribution in [2.45, 2.75) is 12.5 Å². The summed E-state index contributed by atoms with van der Waals surface area (Å²) in [5.74, 6) is 0. The Morgan fingerprint density at radius 1 is 1.07 bits per heavy atom. The fourth-order valence-electron chi connectivity index (χ4n) is 3.59. The fraction of sp³-hybridized carbons (Fsp3) is 0.143. The van der Waals surface area contributed by atoms with Crippen molar-refractivity contribution in [3.63, 3.8) is 0 Å². The first kappa shape index (κ1) is 19.2. The third-order valence-electron chi connectivity index (χ3n) is 4.93. The number of hydrogen-bond donors (Lipinski definition) is 0. The molecule has 5 rings (SSSR count). The molecule has 1 unspecified atom stereocenters. The molecule has 3 aromatic heterocycles. The first-order chi connectivity index (χ1) is 14.5. The van der Waals surface area contributed by atoms with Gasteiger partial charge in [0.2, 0.25) is 10.0 Å². The van der Waals surface area contributed by atoms with Crippen molar-refractivity contribution < 1.29 is 8.42 Å². The van der Waals surface area contributed by atoms with Crippen LogP contribution in [0.5, 0.6) is 0 Å². The summed E-state index contributed by atoms with van der Waals surface area (Å²) >= 11 is 3.15. The number of thiophene rings is 2. The summed E-state index contributed by atoms with van der Waals surface area (Å²) in [5.41, 5.74) is 4.30. The van der Waals surface area contributed by atoms with Crippen molar-refractivity contribution in [1.82, 2.24) is 14.2 Å². The van der Waals surface area contributed by atoms with E-state index < -0.39 is 16.1 Å². The Kier molecular flexibility index (Phi) is 4.80. The Morgan fingerprint density at radius 2 is 1.90 bits per heavy atom. The molecule has 0 amide bonds. The summed E-state index contributed by atoms with van der Waals surface area (Å²) in [6.45, 7) is 0. The van der Waals surface area contributed by atoms with E-state index >= 15 is 0 Å². The lowest BCUT2D eigenvalue weighted by Gasteiger charge is -2.21. The van der Waals surface area contributed by atoms with Gasteiger partial charge in [-0.1, -0.05) is 24.3 Å². The van der Waals surface area contributed by atoms with Gasteiger partial charge >= 0.3 is 0 Å². The molecule has 30 heavy (non-hydrogen) atoms. The molecule has 0 saturated carbocycles. The summed E-state index contributed by atoms with van der Waals surface area (Å²) in [6.07, 6.45) is 3.63. The maximum absolute atomic E-state index is 12.6. The van der Waals surface area contributed by atoms with Gasteiger partial charge in [-0.2, -0.15) is 26.0 Å². The molecule has 1 aliphatic heterocycles. The van der Waals surface area contributed by atoms with Crippen molar-refractivity contribution in [3.8, 4) is 16.9 Å². The highest BCUT2D eigenvalue weighted by atomic mass is 32.2. The maximum Gasteiger partial charge on any atom is 0.247 e. The minimum atomic E-state index is -3.55. The van der Waals surface area contributed by atoms with Crippen LogP contribution in [-0.4, -0.2) is 34.6 Å². The molecule has 6 nitrogen and oxygen atoms in total. The molecule has 4 heterocycles. The van der Waals surface area contributed by atoms with Gasteiger partial charge in [0.25, 0.3) is 0 Å². The van der Waals surface area contributed by atoms with Crippen LogP contribution in [0.4, 0.5) is 0 Å². The van der Waals surface area contributed by atoms with Crippen LogP contribution in [0.3, 0.4) is 0 Å². The second kappa shape index (κ2) is 7.50. The van der Waals surface area contributed by atoms with Gasteiger partial charge in [0, 0.05) is 29.1 Å². The standard InChI is InChI=1S/C21H18N4O2S3/c1-30(26,27)25-19(12-18(22-25)20-8-5-10-29-20)17-13-24(16-6-3-2-4-7-16)23-21(17)15-9-11-28-14-15/h2-11,13-14,19H,12H2,1H3. The smallest absolute Gasteiger partial charge is 0.240 e. The molecule has 4 aromatic rings. The van der Waals surface area contributed by atoms with E-state index in [1.54, 1.807) is 22.7 Å². The largest absolute Gasteiger partial charge is 0.247 e. The number of rotatable bonds is 5. The highest BCUT2D eigenvalue weighted by Gasteiger charge is 2.37. The van der Waals surface area contributed by atoms with E-state index in [4.69, 9.17) is 5.10 Å². The summed E-state index contributed by atoms with van der Waals surface area (Å²) in [6, 6.07) is 15.3. The second-order valence-electron chi connectivity index (χ2n) is 7.00. The number of hydrogen-bond acceptors (Lipinski definition) is 6. The van der Waals surface area contributed by atoms with E-state index in [0.29, 0.717) is 6.42 Å². The Balaban J connectivity index is 1.64. The number of hydrazone groups is 1. The summed E-state index contributed by atoms with van der Waals surface area (Å²) in [7, 11) is -3.55. The number of para-hydroxylation sites is 1. The first-order valence-electron chi connectivity index (χ1n) is 9.29. The number of sulfonamides is 1. The molecule has 0 radical (unpaired) electrons. The van der Waals surface area contributed by atoms with Crippen molar-refractivity contribution in [1.29, 1.82) is 0 Å². The Morgan fingerprint density at radius 3 is 2.57 bits per heavy atom. The molecule has 0 saturated heterocycles. The zero-order valence-corrected chi connectivity index (χ0v) is 18.5. The first-order valence-corrected chi connectivity index (χ1v) is 13.0. The molecule has 152 valence electrons. The highest BCUT2D eigenvalue weighted by molar-refractivity contribution is 7.88. The second-order valence-corrected chi connectivity index (χ2v) is 10.6. The van der Waals surface area contributed by atoms with Crippen molar-refractivity contribution in [3.05, 3.63) is 81.3 Å². The molecule has 0 aliphatic carbocycles. The lowest BCUT2D eigenvalue weighted by molar-refractivity contribution is 0.375. The molecule has 0 fully saturated rings. The van der Waals surface area contributed by atoms with E-state index in [-0.39, 0.29) is 0 Å². The third kappa shape index (κ3) is 3.49. The Bertz CT molecular complexity index is 1290. The predicted octanol–water partition coefficient (Wildman–Crippen LogP) is 4.77. The van der Waals surface area contributed by atoms with Gasteiger partial charge in [-0.15, -0.1) is 11.3 Å². The van der Waals surface area contributed by atoms with E-state index in [9.17, 15) is 8.42 Å². The van der Waals surface area contributed by atoms with Crippen molar-refractivity contribution in [2.75, 3.05) is 6.26 Å². The molecule has 0 bridgehead atoms. The average molecular weight is 455 g/mol. The number of benzene rings is 1. The van der Waals surface area contributed by atoms with Crippen LogP contribution in [0, 0.1) is 0 Å². The number of nitrogens with zero attached hydrogens (tertiary/aromatic N) is 4. The van der Waals surface area contributed by atoms with Crippen LogP contribution < -0.4 is 0 Å². The van der Waals surface area contributed by atoms with Gasteiger partial charge in [-0.3, -0.25) is 0 Å². The SMILES string of the molecule is CS(=O)(=O)N1N=C(c2cccs2)CC1c1cn(-c2ccccc2)nc1-c1ccsc1. The maximum atomic E-state index is 12.6.